The molecule has 0 amide bonds. The van der Waals surface area contributed by atoms with E-state index >= 15 is 0 Å². The normalized spacial score (nSPS) is 11.2. The summed E-state index contributed by atoms with van der Waals surface area (Å²) in [5.41, 5.74) is 4.15. The summed E-state index contributed by atoms with van der Waals surface area (Å²) in [7, 11) is 0. The fraction of sp³-hybridized carbons (Fsp3) is 0.133. The number of fused-ring (bicyclic) bond motifs is 1. The van der Waals surface area contributed by atoms with Crippen molar-refractivity contribution in [1.29, 1.82) is 0 Å². The first-order valence-electron chi connectivity index (χ1n) is 6.09. The van der Waals surface area contributed by atoms with E-state index in [2.05, 4.69) is 50.6 Å². The number of halogens is 3. The number of rotatable bonds is 2. The van der Waals surface area contributed by atoms with Crippen molar-refractivity contribution in [2.24, 2.45) is 0 Å². The van der Waals surface area contributed by atoms with Crippen LogP contribution in [0.2, 0.25) is 5.02 Å². The highest BCUT2D eigenvalue weighted by molar-refractivity contribution is 9.10. The molecule has 0 atom stereocenters. The average Bonchev–Trinajstić information content (AvgIpc) is 2.76. The van der Waals surface area contributed by atoms with Crippen molar-refractivity contribution in [2.45, 2.75) is 12.8 Å². The molecule has 3 aromatic rings. The number of hydrogen-bond donors (Lipinski definition) is 0. The van der Waals surface area contributed by atoms with E-state index in [4.69, 9.17) is 23.2 Å². The molecule has 0 radical (unpaired) electrons. The number of aryl methyl sites for hydroxylation is 1. The van der Waals surface area contributed by atoms with Crippen LogP contribution in [0.4, 0.5) is 0 Å². The van der Waals surface area contributed by atoms with Gasteiger partial charge in [-0.1, -0.05) is 17.7 Å². The van der Waals surface area contributed by atoms with Crippen molar-refractivity contribution in [3.63, 3.8) is 0 Å². The maximum atomic E-state index is 6.05. The lowest BCUT2D eigenvalue weighted by Crippen LogP contribution is -2.00. The molecule has 0 spiro atoms. The van der Waals surface area contributed by atoms with Crippen LogP contribution in [-0.4, -0.2) is 9.55 Å². The third kappa shape index (κ3) is 2.34. The average molecular weight is 370 g/mol. The molecule has 0 aliphatic rings. The van der Waals surface area contributed by atoms with Gasteiger partial charge in [0.15, 0.2) is 0 Å². The van der Waals surface area contributed by atoms with E-state index in [9.17, 15) is 0 Å². The topological polar surface area (TPSA) is 17.8 Å². The number of hydrogen-bond acceptors (Lipinski definition) is 1. The lowest BCUT2D eigenvalue weighted by molar-refractivity contribution is 0.977. The van der Waals surface area contributed by atoms with Gasteiger partial charge in [0.2, 0.25) is 0 Å². The van der Waals surface area contributed by atoms with Crippen LogP contribution in [0, 0.1) is 6.92 Å². The van der Waals surface area contributed by atoms with Gasteiger partial charge in [0.1, 0.15) is 5.82 Å². The largest absolute Gasteiger partial charge is 0.294 e. The van der Waals surface area contributed by atoms with Gasteiger partial charge in [-0.3, -0.25) is 4.57 Å². The summed E-state index contributed by atoms with van der Waals surface area (Å²) in [6.45, 7) is 2.05. The first kappa shape index (κ1) is 13.9. The molecule has 0 saturated heterocycles. The molecular weight excluding hydrogens is 359 g/mol. The number of nitrogens with zero attached hydrogens (tertiary/aromatic N) is 2. The van der Waals surface area contributed by atoms with Gasteiger partial charge >= 0.3 is 0 Å². The third-order valence-electron chi connectivity index (χ3n) is 3.15. The van der Waals surface area contributed by atoms with Crippen LogP contribution < -0.4 is 0 Å². The highest BCUT2D eigenvalue weighted by Crippen LogP contribution is 2.30. The molecule has 0 aliphatic carbocycles. The Bertz CT molecular complexity index is 796. The molecule has 0 saturated carbocycles. The minimum absolute atomic E-state index is 0.350. The second-order valence-corrected chi connectivity index (χ2v) is 6.14. The highest BCUT2D eigenvalue weighted by atomic mass is 79.9. The van der Waals surface area contributed by atoms with E-state index in [1.165, 1.54) is 5.56 Å². The van der Waals surface area contributed by atoms with E-state index in [1.54, 1.807) is 0 Å². The second kappa shape index (κ2) is 5.40. The molecule has 0 N–H and O–H groups in total. The van der Waals surface area contributed by atoms with Crippen LogP contribution >= 0.6 is 39.1 Å². The van der Waals surface area contributed by atoms with Gasteiger partial charge in [-0.05, 0) is 58.7 Å². The molecule has 1 heterocycles. The maximum Gasteiger partial charge on any atom is 0.129 e. The molecule has 20 heavy (non-hydrogen) atoms. The maximum absolute atomic E-state index is 6.05. The Balaban J connectivity index is 2.34. The van der Waals surface area contributed by atoms with E-state index in [0.29, 0.717) is 10.9 Å². The van der Waals surface area contributed by atoms with Crippen LogP contribution in [0.5, 0.6) is 0 Å². The molecule has 0 unspecified atom stereocenters. The summed E-state index contributed by atoms with van der Waals surface area (Å²) >= 11 is 15.6. The lowest BCUT2D eigenvalue weighted by atomic mass is 10.2. The van der Waals surface area contributed by atoms with Gasteiger partial charge in [0, 0.05) is 9.50 Å². The predicted molar refractivity (Wildman–Crippen MR) is 88.1 cm³/mol. The molecule has 2 aromatic carbocycles. The summed E-state index contributed by atoms with van der Waals surface area (Å²) in [5, 5.41) is 0.688. The van der Waals surface area contributed by atoms with Crippen LogP contribution in [0.15, 0.2) is 40.9 Å². The Morgan fingerprint density at radius 1 is 1.20 bits per heavy atom. The molecule has 3 rings (SSSR count). The summed E-state index contributed by atoms with van der Waals surface area (Å²) in [6, 6.07) is 11.9. The fourth-order valence-electron chi connectivity index (χ4n) is 2.26. The Morgan fingerprint density at radius 2 is 2.00 bits per heavy atom. The van der Waals surface area contributed by atoms with Crippen molar-refractivity contribution in [3.8, 4) is 5.69 Å². The Hall–Kier alpha value is -1.03. The van der Waals surface area contributed by atoms with Crippen molar-refractivity contribution < 1.29 is 0 Å². The molecule has 0 fully saturated rings. The van der Waals surface area contributed by atoms with Crippen LogP contribution in [-0.2, 0) is 5.88 Å². The van der Waals surface area contributed by atoms with Gasteiger partial charge in [-0.25, -0.2) is 4.98 Å². The minimum Gasteiger partial charge on any atom is -0.294 e. The number of imidazole rings is 1. The Labute approximate surface area is 135 Å². The van der Waals surface area contributed by atoms with Gasteiger partial charge < -0.3 is 0 Å². The third-order valence-corrected chi connectivity index (χ3v) is 4.26. The second-order valence-electron chi connectivity index (χ2n) is 4.58. The molecule has 1 aromatic heterocycles. The molecule has 0 bridgehead atoms. The van der Waals surface area contributed by atoms with Gasteiger partial charge in [-0.15, -0.1) is 11.6 Å². The first-order chi connectivity index (χ1) is 9.60. The van der Waals surface area contributed by atoms with Gasteiger partial charge in [-0.2, -0.15) is 0 Å². The quantitative estimate of drug-likeness (QED) is 0.546. The molecule has 0 aliphatic heterocycles. The van der Waals surface area contributed by atoms with Crippen molar-refractivity contribution in [2.75, 3.05) is 0 Å². The first-order valence-corrected chi connectivity index (χ1v) is 7.80. The summed E-state index contributed by atoms with van der Waals surface area (Å²) in [6.07, 6.45) is 0. The molecule has 5 heteroatoms. The standard InChI is InChI=1S/C15H11BrCl2N2/c1-9-2-4-14-12(6-9)19-15(8-17)20(14)13-5-3-10(18)7-11(13)16/h2-7H,8H2,1H3. The zero-order chi connectivity index (χ0) is 14.3. The van der Waals surface area contributed by atoms with E-state index < -0.39 is 0 Å². The van der Waals surface area contributed by atoms with E-state index in [0.717, 1.165) is 27.0 Å². The minimum atomic E-state index is 0.350. The number of aromatic nitrogens is 2. The van der Waals surface area contributed by atoms with E-state index in [1.807, 2.05) is 18.2 Å². The Kier molecular flexibility index (Phi) is 3.76. The zero-order valence-corrected chi connectivity index (χ0v) is 13.8. The van der Waals surface area contributed by atoms with Gasteiger partial charge in [0.05, 0.1) is 22.6 Å². The fourth-order valence-corrected chi connectivity index (χ4v) is 3.30. The predicted octanol–water partition coefficient (Wildman–Crippen LogP) is 5.49. The summed E-state index contributed by atoms with van der Waals surface area (Å²) in [4.78, 5) is 4.61. The Morgan fingerprint density at radius 3 is 2.70 bits per heavy atom. The lowest BCUT2D eigenvalue weighted by Gasteiger charge is -2.10. The van der Waals surface area contributed by atoms with Gasteiger partial charge in [0.25, 0.3) is 0 Å². The van der Waals surface area contributed by atoms with Crippen LogP contribution in [0.3, 0.4) is 0 Å². The van der Waals surface area contributed by atoms with Crippen LogP contribution in [0.1, 0.15) is 11.4 Å². The highest BCUT2D eigenvalue weighted by Gasteiger charge is 2.14. The van der Waals surface area contributed by atoms with Crippen molar-refractivity contribution in [1.82, 2.24) is 9.55 Å². The van der Waals surface area contributed by atoms with Crippen molar-refractivity contribution in [3.05, 3.63) is 57.3 Å². The monoisotopic (exact) mass is 368 g/mol. The summed E-state index contributed by atoms with van der Waals surface area (Å²) in [5.74, 6) is 1.17. The molecule has 102 valence electrons. The zero-order valence-electron chi connectivity index (χ0n) is 10.7. The van der Waals surface area contributed by atoms with Crippen LogP contribution in [0.25, 0.3) is 16.7 Å². The summed E-state index contributed by atoms with van der Waals surface area (Å²) < 4.78 is 2.97. The number of benzene rings is 2. The van der Waals surface area contributed by atoms with E-state index in [-0.39, 0.29) is 0 Å². The molecule has 2 nitrogen and oxygen atoms in total. The smallest absolute Gasteiger partial charge is 0.129 e. The SMILES string of the molecule is Cc1ccc2c(c1)nc(CCl)n2-c1ccc(Cl)cc1Br. The van der Waals surface area contributed by atoms with Crippen molar-refractivity contribution >= 4 is 50.2 Å². The molecular formula is C15H11BrCl2N2. The number of alkyl halides is 1.